The fourth-order valence-electron chi connectivity index (χ4n) is 1.48. The van der Waals surface area contributed by atoms with Crippen LogP contribution in [0, 0.1) is 0 Å². The number of nitrogens with one attached hydrogen (secondary N) is 1. The summed E-state index contributed by atoms with van der Waals surface area (Å²) in [6, 6.07) is 9.02. The van der Waals surface area contributed by atoms with Crippen molar-refractivity contribution < 1.29 is 8.42 Å². The fraction of sp³-hybridized carbons (Fsp3) is 0.0833. The molecule has 0 amide bonds. The molecule has 0 fully saturated rings. The SMILES string of the molecule is O=S(=O)(CC(Br)=Cc1ccccc1Br)c1ccn[nH]1. The Labute approximate surface area is 128 Å². The molecule has 0 atom stereocenters. The van der Waals surface area contributed by atoms with Crippen LogP contribution >= 0.6 is 31.9 Å². The summed E-state index contributed by atoms with van der Waals surface area (Å²) in [5, 5.41) is 6.23. The Morgan fingerprint density at radius 2 is 2.05 bits per heavy atom. The van der Waals surface area contributed by atoms with Crippen molar-refractivity contribution in [1.82, 2.24) is 10.2 Å². The molecule has 0 spiro atoms. The minimum absolute atomic E-state index is 0.115. The van der Waals surface area contributed by atoms with E-state index in [2.05, 4.69) is 42.1 Å². The lowest BCUT2D eigenvalue weighted by Crippen LogP contribution is -2.07. The van der Waals surface area contributed by atoms with E-state index in [0.29, 0.717) is 4.48 Å². The van der Waals surface area contributed by atoms with Crippen LogP contribution in [0.1, 0.15) is 5.56 Å². The first-order chi connectivity index (χ1) is 8.99. The van der Waals surface area contributed by atoms with Crippen LogP contribution in [0.5, 0.6) is 0 Å². The number of nitrogens with zero attached hydrogens (tertiary/aromatic N) is 1. The number of halogens is 2. The molecule has 1 aromatic heterocycles. The second-order valence-corrected chi connectivity index (χ2v) is 7.62. The van der Waals surface area contributed by atoms with Gasteiger partial charge >= 0.3 is 0 Å². The lowest BCUT2D eigenvalue weighted by Gasteiger charge is -2.02. The standard InChI is InChI=1S/C12H10Br2N2O2S/c13-10(7-9-3-1-2-4-11(9)14)8-19(17,18)12-5-6-15-16-12/h1-7H,8H2,(H,15,16). The van der Waals surface area contributed by atoms with E-state index >= 15 is 0 Å². The normalized spacial score (nSPS) is 12.6. The van der Waals surface area contributed by atoms with E-state index in [1.165, 1.54) is 12.3 Å². The molecule has 0 saturated carbocycles. The molecule has 0 aliphatic rings. The van der Waals surface area contributed by atoms with Gasteiger partial charge in [-0.25, -0.2) is 8.42 Å². The van der Waals surface area contributed by atoms with Crippen molar-refractivity contribution >= 4 is 47.8 Å². The first-order valence-electron chi connectivity index (χ1n) is 5.32. The van der Waals surface area contributed by atoms with Gasteiger partial charge in [0.2, 0.25) is 0 Å². The van der Waals surface area contributed by atoms with Crippen molar-refractivity contribution in [2.45, 2.75) is 5.03 Å². The van der Waals surface area contributed by atoms with Gasteiger partial charge in [0.1, 0.15) is 0 Å². The Balaban J connectivity index is 2.23. The van der Waals surface area contributed by atoms with Crippen molar-refractivity contribution in [2.75, 3.05) is 5.75 Å². The largest absolute Gasteiger partial charge is 0.267 e. The summed E-state index contributed by atoms with van der Waals surface area (Å²) >= 11 is 6.71. The third kappa shape index (κ3) is 3.77. The highest BCUT2D eigenvalue weighted by Crippen LogP contribution is 2.23. The number of benzene rings is 1. The number of H-pyrrole nitrogens is 1. The smallest absolute Gasteiger partial charge is 0.199 e. The summed E-state index contributed by atoms with van der Waals surface area (Å²) in [5.74, 6) is -0.115. The molecule has 1 aromatic carbocycles. The maximum absolute atomic E-state index is 12.0. The minimum atomic E-state index is -3.40. The quantitative estimate of drug-likeness (QED) is 0.847. The van der Waals surface area contributed by atoms with Crippen molar-refractivity contribution in [3.05, 3.63) is 51.0 Å². The highest BCUT2D eigenvalue weighted by Gasteiger charge is 2.17. The summed E-state index contributed by atoms with van der Waals surface area (Å²) in [7, 11) is -3.40. The van der Waals surface area contributed by atoms with Gasteiger partial charge in [0.15, 0.2) is 14.9 Å². The molecule has 1 heterocycles. The zero-order valence-electron chi connectivity index (χ0n) is 9.68. The molecule has 0 unspecified atom stereocenters. The molecular weight excluding hydrogens is 396 g/mol. The molecule has 100 valence electrons. The van der Waals surface area contributed by atoms with Gasteiger partial charge in [0.05, 0.1) is 11.9 Å². The van der Waals surface area contributed by atoms with E-state index in [1.807, 2.05) is 24.3 Å². The van der Waals surface area contributed by atoms with Crippen LogP contribution in [-0.4, -0.2) is 24.4 Å². The van der Waals surface area contributed by atoms with Crippen LogP contribution in [-0.2, 0) is 9.84 Å². The molecule has 0 bridgehead atoms. The van der Waals surface area contributed by atoms with Crippen molar-refractivity contribution in [2.24, 2.45) is 0 Å². The summed E-state index contributed by atoms with van der Waals surface area (Å²) in [4.78, 5) is 0. The van der Waals surface area contributed by atoms with Gasteiger partial charge in [0, 0.05) is 8.96 Å². The topological polar surface area (TPSA) is 62.8 Å². The maximum atomic E-state index is 12.0. The van der Waals surface area contributed by atoms with E-state index in [-0.39, 0.29) is 10.8 Å². The minimum Gasteiger partial charge on any atom is -0.267 e. The highest BCUT2D eigenvalue weighted by atomic mass is 79.9. The van der Waals surface area contributed by atoms with E-state index in [0.717, 1.165) is 10.0 Å². The van der Waals surface area contributed by atoms with Crippen LogP contribution in [0.15, 0.2) is 50.5 Å². The highest BCUT2D eigenvalue weighted by molar-refractivity contribution is 9.12. The van der Waals surface area contributed by atoms with E-state index in [4.69, 9.17) is 0 Å². The third-order valence-electron chi connectivity index (χ3n) is 2.36. The molecule has 19 heavy (non-hydrogen) atoms. The maximum Gasteiger partial charge on any atom is 0.199 e. The van der Waals surface area contributed by atoms with Gasteiger partial charge in [-0.3, -0.25) is 5.10 Å². The number of aromatic amines is 1. The first kappa shape index (κ1) is 14.5. The zero-order chi connectivity index (χ0) is 13.9. The van der Waals surface area contributed by atoms with Gasteiger partial charge in [-0.15, -0.1) is 0 Å². The molecule has 0 aliphatic heterocycles. The average Bonchev–Trinajstić information content (AvgIpc) is 2.85. The van der Waals surface area contributed by atoms with Crippen molar-refractivity contribution in [3.8, 4) is 0 Å². The number of aromatic nitrogens is 2. The second kappa shape index (κ2) is 6.02. The molecular formula is C12H10Br2N2O2S. The Morgan fingerprint density at radius 3 is 2.68 bits per heavy atom. The number of sulfone groups is 1. The summed E-state index contributed by atoms with van der Waals surface area (Å²) < 4.78 is 25.5. The number of hydrogen-bond donors (Lipinski definition) is 1. The molecule has 1 N–H and O–H groups in total. The Kier molecular flexibility index (Phi) is 4.59. The van der Waals surface area contributed by atoms with Crippen LogP contribution in [0.4, 0.5) is 0 Å². The van der Waals surface area contributed by atoms with Gasteiger partial charge in [0.25, 0.3) is 0 Å². The Morgan fingerprint density at radius 1 is 1.32 bits per heavy atom. The van der Waals surface area contributed by atoms with Crippen molar-refractivity contribution in [3.63, 3.8) is 0 Å². The van der Waals surface area contributed by atoms with Gasteiger partial charge in [-0.05, 0) is 23.8 Å². The monoisotopic (exact) mass is 404 g/mol. The van der Waals surface area contributed by atoms with Crippen molar-refractivity contribution in [1.29, 1.82) is 0 Å². The summed E-state index contributed by atoms with van der Waals surface area (Å²) in [5.41, 5.74) is 0.911. The molecule has 0 radical (unpaired) electrons. The lowest BCUT2D eigenvalue weighted by atomic mass is 10.2. The van der Waals surface area contributed by atoms with E-state index < -0.39 is 9.84 Å². The van der Waals surface area contributed by atoms with Crippen LogP contribution in [0.3, 0.4) is 0 Å². The molecule has 2 rings (SSSR count). The molecule has 0 saturated heterocycles. The molecule has 7 heteroatoms. The number of rotatable bonds is 4. The second-order valence-electron chi connectivity index (χ2n) is 3.79. The molecule has 2 aromatic rings. The van der Waals surface area contributed by atoms with Crippen LogP contribution in [0.2, 0.25) is 0 Å². The summed E-state index contributed by atoms with van der Waals surface area (Å²) in [6.45, 7) is 0. The van der Waals surface area contributed by atoms with Crippen LogP contribution < -0.4 is 0 Å². The van der Waals surface area contributed by atoms with E-state index in [1.54, 1.807) is 6.08 Å². The van der Waals surface area contributed by atoms with E-state index in [9.17, 15) is 8.42 Å². The van der Waals surface area contributed by atoms with Crippen LogP contribution in [0.25, 0.3) is 6.08 Å². The predicted octanol–water partition coefficient (Wildman–Crippen LogP) is 3.38. The van der Waals surface area contributed by atoms with Gasteiger partial charge in [-0.2, -0.15) is 5.10 Å². The fourth-order valence-corrected chi connectivity index (χ4v) is 4.09. The predicted molar refractivity (Wildman–Crippen MR) is 81.7 cm³/mol. The third-order valence-corrected chi connectivity index (χ3v) is 5.55. The first-order valence-corrected chi connectivity index (χ1v) is 8.55. The van der Waals surface area contributed by atoms with Gasteiger partial charge < -0.3 is 0 Å². The molecule has 4 nitrogen and oxygen atoms in total. The zero-order valence-corrected chi connectivity index (χ0v) is 13.7. The van der Waals surface area contributed by atoms with Gasteiger partial charge in [-0.1, -0.05) is 50.1 Å². The average molecular weight is 406 g/mol. The molecule has 0 aliphatic carbocycles. The summed E-state index contributed by atoms with van der Waals surface area (Å²) in [6.07, 6.45) is 3.19. The lowest BCUT2D eigenvalue weighted by molar-refractivity contribution is 0.595. The number of hydrogen-bond acceptors (Lipinski definition) is 3. The Hall–Kier alpha value is -0.920. The Bertz CT molecular complexity index is 694.